The van der Waals surface area contributed by atoms with E-state index in [1.807, 2.05) is 30.3 Å². The van der Waals surface area contributed by atoms with Gasteiger partial charge < -0.3 is 15.0 Å². The third kappa shape index (κ3) is 4.87. The van der Waals surface area contributed by atoms with Crippen molar-refractivity contribution in [2.75, 3.05) is 7.05 Å². The lowest BCUT2D eigenvalue weighted by Crippen LogP contribution is -2.32. The molecule has 0 radical (unpaired) electrons. The second-order valence-corrected chi connectivity index (χ2v) is 5.95. The molecular weight excluding hydrogens is 320 g/mol. The molecule has 0 aliphatic heterocycles. The Morgan fingerprint density at radius 2 is 1.92 bits per heavy atom. The van der Waals surface area contributed by atoms with Crippen LogP contribution in [-0.4, -0.2) is 34.5 Å². The van der Waals surface area contributed by atoms with Crippen molar-refractivity contribution in [3.05, 3.63) is 69.6 Å². The van der Waals surface area contributed by atoms with Crippen LogP contribution in [0, 0.1) is 0 Å². The quantitative estimate of drug-likeness (QED) is 0.748. The van der Waals surface area contributed by atoms with E-state index in [0.29, 0.717) is 6.42 Å². The molecule has 0 saturated heterocycles. The molecule has 0 saturated carbocycles. The number of carbonyl (C=O) groups excluding carboxylic acids is 2. The first-order valence-electron chi connectivity index (χ1n) is 8.14. The minimum Gasteiger partial charge on any atom is -0.393 e. The lowest BCUT2D eigenvalue weighted by molar-refractivity contribution is 0.0948. The van der Waals surface area contributed by atoms with Gasteiger partial charge >= 0.3 is 0 Å². The standard InChI is InChI=1S/C19H22N2O4/c1-13(22)8-9-17(23)15-10-16(18(24)20-2)19(25)21(12-15)11-14-6-4-3-5-7-14/h3-7,10,12-13,22H,8-9,11H2,1-2H3,(H,20,24). The normalized spacial score (nSPS) is 11.8. The molecule has 25 heavy (non-hydrogen) atoms. The molecule has 0 fully saturated rings. The maximum absolute atomic E-state index is 12.6. The predicted molar refractivity (Wildman–Crippen MR) is 94.9 cm³/mol. The maximum Gasteiger partial charge on any atom is 0.263 e. The number of ketones is 1. The maximum atomic E-state index is 12.6. The molecule has 0 aliphatic rings. The van der Waals surface area contributed by atoms with Crippen molar-refractivity contribution in [3.63, 3.8) is 0 Å². The van der Waals surface area contributed by atoms with E-state index in [1.165, 1.54) is 23.9 Å². The summed E-state index contributed by atoms with van der Waals surface area (Å²) >= 11 is 0. The van der Waals surface area contributed by atoms with Crippen LogP contribution in [-0.2, 0) is 6.54 Å². The smallest absolute Gasteiger partial charge is 0.263 e. The summed E-state index contributed by atoms with van der Waals surface area (Å²) in [5.74, 6) is -0.746. The number of hydrogen-bond acceptors (Lipinski definition) is 4. The molecule has 1 aromatic heterocycles. The summed E-state index contributed by atoms with van der Waals surface area (Å²) in [7, 11) is 1.44. The highest BCUT2D eigenvalue weighted by molar-refractivity contribution is 6.00. The van der Waals surface area contributed by atoms with Gasteiger partial charge in [0.25, 0.3) is 11.5 Å². The highest BCUT2D eigenvalue weighted by Crippen LogP contribution is 2.10. The highest BCUT2D eigenvalue weighted by Gasteiger charge is 2.17. The molecule has 0 spiro atoms. The number of benzene rings is 1. The van der Waals surface area contributed by atoms with Crippen LogP contribution in [0.5, 0.6) is 0 Å². The molecule has 1 aromatic carbocycles. The van der Waals surface area contributed by atoms with E-state index in [4.69, 9.17) is 0 Å². The monoisotopic (exact) mass is 342 g/mol. The summed E-state index contributed by atoms with van der Waals surface area (Å²) < 4.78 is 1.37. The molecule has 1 unspecified atom stereocenters. The minimum atomic E-state index is -0.586. The van der Waals surface area contributed by atoms with Crippen LogP contribution >= 0.6 is 0 Å². The van der Waals surface area contributed by atoms with Crippen molar-refractivity contribution in [2.45, 2.75) is 32.4 Å². The van der Waals surface area contributed by atoms with E-state index in [2.05, 4.69) is 5.32 Å². The Balaban J connectivity index is 2.43. The fourth-order valence-electron chi connectivity index (χ4n) is 2.47. The Hall–Kier alpha value is -2.73. The number of rotatable bonds is 7. The highest BCUT2D eigenvalue weighted by atomic mass is 16.3. The van der Waals surface area contributed by atoms with E-state index >= 15 is 0 Å². The van der Waals surface area contributed by atoms with Crippen molar-refractivity contribution in [1.29, 1.82) is 0 Å². The number of nitrogens with one attached hydrogen (secondary N) is 1. The van der Waals surface area contributed by atoms with Crippen LogP contribution in [0.3, 0.4) is 0 Å². The zero-order valence-electron chi connectivity index (χ0n) is 14.4. The second-order valence-electron chi connectivity index (χ2n) is 5.95. The van der Waals surface area contributed by atoms with E-state index in [9.17, 15) is 19.5 Å². The van der Waals surface area contributed by atoms with Gasteiger partial charge in [-0.3, -0.25) is 14.4 Å². The minimum absolute atomic E-state index is 0.0682. The van der Waals surface area contributed by atoms with E-state index in [0.717, 1.165) is 5.56 Å². The third-order valence-corrected chi connectivity index (χ3v) is 3.86. The first kappa shape index (κ1) is 18.6. The number of nitrogens with zero attached hydrogens (tertiary/aromatic N) is 1. The van der Waals surface area contributed by atoms with Crippen LogP contribution in [0.25, 0.3) is 0 Å². The van der Waals surface area contributed by atoms with Crippen molar-refractivity contribution in [3.8, 4) is 0 Å². The van der Waals surface area contributed by atoms with Crippen LogP contribution < -0.4 is 10.9 Å². The van der Waals surface area contributed by atoms with E-state index < -0.39 is 17.6 Å². The van der Waals surface area contributed by atoms with Gasteiger partial charge in [-0.25, -0.2) is 0 Å². The van der Waals surface area contributed by atoms with Gasteiger partial charge in [0.15, 0.2) is 5.78 Å². The average molecular weight is 342 g/mol. The molecule has 0 aliphatic carbocycles. The zero-order chi connectivity index (χ0) is 18.4. The predicted octanol–water partition coefficient (Wildman–Crippen LogP) is 1.60. The fourth-order valence-corrected chi connectivity index (χ4v) is 2.47. The van der Waals surface area contributed by atoms with Gasteiger partial charge in [0.2, 0.25) is 0 Å². The lowest BCUT2D eigenvalue weighted by Gasteiger charge is -2.11. The lowest BCUT2D eigenvalue weighted by atomic mass is 10.0. The SMILES string of the molecule is CNC(=O)c1cc(C(=O)CCC(C)O)cn(Cc2ccccc2)c1=O. The fraction of sp³-hybridized carbons (Fsp3) is 0.316. The molecule has 2 aromatic rings. The van der Waals surface area contributed by atoms with Crippen molar-refractivity contribution < 1.29 is 14.7 Å². The topological polar surface area (TPSA) is 88.4 Å². The van der Waals surface area contributed by atoms with E-state index in [-0.39, 0.29) is 29.9 Å². The Morgan fingerprint density at radius 1 is 1.24 bits per heavy atom. The molecule has 1 heterocycles. The largest absolute Gasteiger partial charge is 0.393 e. The van der Waals surface area contributed by atoms with Crippen molar-refractivity contribution in [2.24, 2.45) is 0 Å². The van der Waals surface area contributed by atoms with Crippen molar-refractivity contribution in [1.82, 2.24) is 9.88 Å². The summed E-state index contributed by atoms with van der Waals surface area (Å²) in [5.41, 5.74) is 0.660. The summed E-state index contributed by atoms with van der Waals surface area (Å²) in [6, 6.07) is 10.7. The molecule has 6 heteroatoms. The third-order valence-electron chi connectivity index (χ3n) is 3.86. The van der Waals surface area contributed by atoms with E-state index in [1.54, 1.807) is 6.92 Å². The summed E-state index contributed by atoms with van der Waals surface area (Å²) in [5, 5.41) is 11.8. The number of Topliss-reactive ketones (excluding diaryl/α,β-unsaturated/α-hetero) is 1. The molecule has 6 nitrogen and oxygen atoms in total. The summed E-state index contributed by atoms with van der Waals surface area (Å²) in [6.07, 6.45) is 1.37. The number of aromatic nitrogens is 1. The summed E-state index contributed by atoms with van der Waals surface area (Å²) in [4.78, 5) is 36.9. The average Bonchev–Trinajstić information content (AvgIpc) is 2.61. The molecule has 2 rings (SSSR count). The van der Waals surface area contributed by atoms with Gasteiger partial charge in [-0.2, -0.15) is 0 Å². The Kier molecular flexibility index (Phi) is 6.25. The van der Waals surface area contributed by atoms with Gasteiger partial charge in [-0.15, -0.1) is 0 Å². The van der Waals surface area contributed by atoms with Crippen molar-refractivity contribution >= 4 is 11.7 Å². The number of pyridine rings is 1. The molecule has 132 valence electrons. The number of amides is 1. The van der Waals surface area contributed by atoms with Gasteiger partial charge in [-0.05, 0) is 25.0 Å². The van der Waals surface area contributed by atoms with Gasteiger partial charge in [-0.1, -0.05) is 30.3 Å². The first-order chi connectivity index (χ1) is 11.9. The number of aliphatic hydroxyl groups is 1. The Labute approximate surface area is 146 Å². The Bertz CT molecular complexity index is 810. The molecule has 0 bridgehead atoms. The van der Waals surface area contributed by atoms with Gasteiger partial charge in [0.1, 0.15) is 5.56 Å². The summed E-state index contributed by atoms with van der Waals surface area (Å²) in [6.45, 7) is 1.88. The Morgan fingerprint density at radius 3 is 2.52 bits per heavy atom. The first-order valence-corrected chi connectivity index (χ1v) is 8.14. The van der Waals surface area contributed by atoms with Crippen LogP contribution in [0.4, 0.5) is 0 Å². The number of carbonyl (C=O) groups is 2. The molecule has 1 atom stereocenters. The molecule has 2 N–H and O–H groups in total. The van der Waals surface area contributed by atoms with Crippen LogP contribution in [0.15, 0.2) is 47.4 Å². The van der Waals surface area contributed by atoms with Gasteiger partial charge in [0.05, 0.1) is 12.6 Å². The zero-order valence-corrected chi connectivity index (χ0v) is 14.4. The van der Waals surface area contributed by atoms with Crippen LogP contribution in [0.1, 0.15) is 46.0 Å². The number of aliphatic hydroxyl groups excluding tert-OH is 1. The number of hydrogen-bond donors (Lipinski definition) is 2. The second kappa shape index (κ2) is 8.39. The van der Waals surface area contributed by atoms with Gasteiger partial charge in [0, 0.05) is 25.2 Å². The van der Waals surface area contributed by atoms with Crippen LogP contribution in [0.2, 0.25) is 0 Å². The molecular formula is C19H22N2O4. The molecule has 1 amide bonds.